The minimum Gasteiger partial charge on any atom is -0.396 e. The molecule has 0 heterocycles. The molecule has 0 spiro atoms. The van der Waals surface area contributed by atoms with Gasteiger partial charge in [0, 0.05) is 5.41 Å². The largest absolute Gasteiger partial charge is 0.396 e. The van der Waals surface area contributed by atoms with Crippen molar-refractivity contribution in [2.75, 3.05) is 13.2 Å². The van der Waals surface area contributed by atoms with Crippen LogP contribution in [0.5, 0.6) is 0 Å². The maximum Gasteiger partial charge on any atom is 0.0540 e. The molecule has 4 nitrogen and oxygen atoms in total. The lowest BCUT2D eigenvalue weighted by Crippen LogP contribution is -2.47. The molecule has 0 aromatic heterocycles. The van der Waals surface area contributed by atoms with Crippen molar-refractivity contribution in [1.82, 2.24) is 0 Å². The lowest BCUT2D eigenvalue weighted by atomic mass is 9.59. The number of aliphatic hydroxyl groups excluding tert-OH is 4. The van der Waals surface area contributed by atoms with Gasteiger partial charge in [-0.3, -0.25) is 0 Å². The second-order valence-electron chi connectivity index (χ2n) is 6.56. The molecule has 0 aromatic rings. The lowest BCUT2D eigenvalue weighted by Gasteiger charge is -2.48. The molecule has 2 aliphatic rings. The Bertz CT molecular complexity index is 237. The van der Waals surface area contributed by atoms with E-state index < -0.39 is 5.41 Å². The van der Waals surface area contributed by atoms with Gasteiger partial charge in [-0.25, -0.2) is 0 Å². The molecule has 0 radical (unpaired) electrons. The predicted octanol–water partition coefficient (Wildman–Crippen LogP) is 1.06. The monoisotopic (exact) mass is 272 g/mol. The van der Waals surface area contributed by atoms with E-state index in [4.69, 9.17) is 0 Å². The minimum atomic E-state index is -0.416. The fourth-order valence-corrected chi connectivity index (χ4v) is 4.20. The third-order valence-corrected chi connectivity index (χ3v) is 5.61. The Morgan fingerprint density at radius 1 is 0.632 bits per heavy atom. The number of rotatable bonds is 4. The molecule has 112 valence electrons. The van der Waals surface area contributed by atoms with Crippen molar-refractivity contribution in [2.24, 2.45) is 17.3 Å². The fraction of sp³-hybridized carbons (Fsp3) is 1.00. The average Bonchev–Trinajstić information content (AvgIpc) is 2.44. The molecule has 19 heavy (non-hydrogen) atoms. The standard InChI is InChI=1S/C15H28O4/c16-9-15(10-17,11-1-5-13(18)6-2-11)12-3-7-14(19)8-4-12/h11-14,16-19H,1-10H2. The molecular formula is C15H28O4. The zero-order valence-electron chi connectivity index (χ0n) is 11.7. The molecular weight excluding hydrogens is 244 g/mol. The SMILES string of the molecule is OCC(CO)(C1CCC(O)CC1)C1CCC(O)CC1. The van der Waals surface area contributed by atoms with Crippen molar-refractivity contribution >= 4 is 0 Å². The van der Waals surface area contributed by atoms with Crippen LogP contribution in [-0.2, 0) is 0 Å². The summed E-state index contributed by atoms with van der Waals surface area (Å²) in [5, 5.41) is 39.1. The summed E-state index contributed by atoms with van der Waals surface area (Å²) in [5.41, 5.74) is -0.416. The first-order valence-corrected chi connectivity index (χ1v) is 7.70. The summed E-state index contributed by atoms with van der Waals surface area (Å²) in [6, 6.07) is 0. The van der Waals surface area contributed by atoms with Gasteiger partial charge in [0.1, 0.15) is 0 Å². The van der Waals surface area contributed by atoms with Crippen LogP contribution in [0, 0.1) is 17.3 Å². The van der Waals surface area contributed by atoms with Crippen LogP contribution in [0.15, 0.2) is 0 Å². The Morgan fingerprint density at radius 3 is 1.21 bits per heavy atom. The molecule has 0 amide bonds. The van der Waals surface area contributed by atoms with Crippen molar-refractivity contribution in [2.45, 2.75) is 63.6 Å². The van der Waals surface area contributed by atoms with E-state index in [9.17, 15) is 20.4 Å². The summed E-state index contributed by atoms with van der Waals surface area (Å²) < 4.78 is 0. The minimum absolute atomic E-state index is 0.0189. The highest BCUT2D eigenvalue weighted by atomic mass is 16.3. The maximum absolute atomic E-state index is 9.93. The summed E-state index contributed by atoms with van der Waals surface area (Å²) in [4.78, 5) is 0. The molecule has 0 aliphatic heterocycles. The maximum atomic E-state index is 9.93. The van der Waals surface area contributed by atoms with E-state index in [0.29, 0.717) is 11.8 Å². The van der Waals surface area contributed by atoms with E-state index in [1.54, 1.807) is 0 Å². The fourth-order valence-electron chi connectivity index (χ4n) is 4.20. The molecule has 0 unspecified atom stereocenters. The van der Waals surface area contributed by atoms with Crippen LogP contribution in [0.25, 0.3) is 0 Å². The zero-order chi connectivity index (χ0) is 13.9. The molecule has 2 aliphatic carbocycles. The van der Waals surface area contributed by atoms with Gasteiger partial charge in [0.05, 0.1) is 25.4 Å². The third-order valence-electron chi connectivity index (χ3n) is 5.61. The second-order valence-corrected chi connectivity index (χ2v) is 6.56. The van der Waals surface area contributed by atoms with Gasteiger partial charge in [0.2, 0.25) is 0 Å². The lowest BCUT2D eigenvalue weighted by molar-refractivity contribution is -0.0850. The van der Waals surface area contributed by atoms with E-state index in [1.165, 1.54) is 0 Å². The summed E-state index contributed by atoms with van der Waals surface area (Å²) in [6.45, 7) is 0.0377. The Balaban J connectivity index is 2.08. The van der Waals surface area contributed by atoms with Crippen LogP contribution < -0.4 is 0 Å². The highest BCUT2D eigenvalue weighted by Gasteiger charge is 2.46. The van der Waals surface area contributed by atoms with Crippen LogP contribution in [0.1, 0.15) is 51.4 Å². The summed E-state index contributed by atoms with van der Waals surface area (Å²) in [6.07, 6.45) is 6.26. The molecule has 2 saturated carbocycles. The highest BCUT2D eigenvalue weighted by Crippen LogP contribution is 2.48. The van der Waals surface area contributed by atoms with Gasteiger partial charge in [0.25, 0.3) is 0 Å². The van der Waals surface area contributed by atoms with Crippen molar-refractivity contribution < 1.29 is 20.4 Å². The number of hydrogen-bond acceptors (Lipinski definition) is 4. The third kappa shape index (κ3) is 3.13. The molecule has 0 aromatic carbocycles. The van der Waals surface area contributed by atoms with E-state index in [0.717, 1.165) is 51.4 Å². The van der Waals surface area contributed by atoms with Crippen LogP contribution in [0.2, 0.25) is 0 Å². The van der Waals surface area contributed by atoms with Crippen LogP contribution in [-0.4, -0.2) is 45.8 Å². The summed E-state index contributed by atoms with van der Waals surface area (Å²) >= 11 is 0. The normalized spacial score (nSPS) is 37.3. The van der Waals surface area contributed by atoms with E-state index in [2.05, 4.69) is 0 Å². The molecule has 0 saturated heterocycles. The highest BCUT2D eigenvalue weighted by molar-refractivity contribution is 4.95. The van der Waals surface area contributed by atoms with Crippen molar-refractivity contribution in [3.05, 3.63) is 0 Å². The Kier molecular flexibility index (Phi) is 5.23. The van der Waals surface area contributed by atoms with E-state index in [-0.39, 0.29) is 25.4 Å². The Hall–Kier alpha value is -0.160. The summed E-state index contributed by atoms with van der Waals surface area (Å²) in [5.74, 6) is 0.595. The predicted molar refractivity (Wildman–Crippen MR) is 72.5 cm³/mol. The van der Waals surface area contributed by atoms with E-state index in [1.807, 2.05) is 0 Å². The van der Waals surface area contributed by atoms with Crippen LogP contribution in [0.4, 0.5) is 0 Å². The molecule has 0 bridgehead atoms. The van der Waals surface area contributed by atoms with Crippen LogP contribution >= 0.6 is 0 Å². The van der Waals surface area contributed by atoms with Gasteiger partial charge in [-0.05, 0) is 63.2 Å². The van der Waals surface area contributed by atoms with Gasteiger partial charge < -0.3 is 20.4 Å². The first-order chi connectivity index (χ1) is 9.12. The molecule has 2 rings (SSSR count). The Morgan fingerprint density at radius 2 is 0.947 bits per heavy atom. The van der Waals surface area contributed by atoms with Gasteiger partial charge in [0.15, 0.2) is 0 Å². The number of aliphatic hydroxyl groups is 4. The second kappa shape index (κ2) is 6.53. The van der Waals surface area contributed by atoms with Gasteiger partial charge in [-0.1, -0.05) is 0 Å². The van der Waals surface area contributed by atoms with Gasteiger partial charge in [-0.2, -0.15) is 0 Å². The number of hydrogen-bond donors (Lipinski definition) is 4. The average molecular weight is 272 g/mol. The smallest absolute Gasteiger partial charge is 0.0540 e. The molecule has 4 heteroatoms. The van der Waals surface area contributed by atoms with Crippen molar-refractivity contribution in [3.63, 3.8) is 0 Å². The molecule has 4 N–H and O–H groups in total. The van der Waals surface area contributed by atoms with Crippen molar-refractivity contribution in [3.8, 4) is 0 Å². The zero-order valence-corrected chi connectivity index (χ0v) is 11.7. The topological polar surface area (TPSA) is 80.9 Å². The van der Waals surface area contributed by atoms with Gasteiger partial charge >= 0.3 is 0 Å². The quantitative estimate of drug-likeness (QED) is 0.617. The van der Waals surface area contributed by atoms with Crippen LogP contribution in [0.3, 0.4) is 0 Å². The first kappa shape index (κ1) is 15.2. The molecule has 0 atom stereocenters. The molecule has 2 fully saturated rings. The van der Waals surface area contributed by atoms with Crippen molar-refractivity contribution in [1.29, 1.82) is 0 Å². The van der Waals surface area contributed by atoms with Gasteiger partial charge in [-0.15, -0.1) is 0 Å². The summed E-state index contributed by atoms with van der Waals surface area (Å²) in [7, 11) is 0. The Labute approximate surface area is 115 Å². The van der Waals surface area contributed by atoms with E-state index >= 15 is 0 Å². The first-order valence-electron chi connectivity index (χ1n) is 7.70.